The second-order valence-corrected chi connectivity index (χ2v) is 4.63. The largest absolute Gasteiger partial charge is 0.480 e. The van der Waals surface area contributed by atoms with Crippen molar-refractivity contribution in [2.45, 2.75) is 19.0 Å². The number of hydrogen-bond acceptors (Lipinski definition) is 5. The van der Waals surface area contributed by atoms with Crippen LogP contribution in [0.25, 0.3) is 11.1 Å². The lowest BCUT2D eigenvalue weighted by molar-refractivity contribution is -0.138. The zero-order valence-corrected chi connectivity index (χ0v) is 10.7. The Balaban J connectivity index is 1.90. The molecule has 6 nitrogen and oxygen atoms in total. The minimum absolute atomic E-state index is 0.427. The highest BCUT2D eigenvalue weighted by molar-refractivity contribution is 5.73. The lowest BCUT2D eigenvalue weighted by atomic mass is 10.1. The molecule has 0 amide bonds. The van der Waals surface area contributed by atoms with Crippen LogP contribution in [0, 0.1) is 0 Å². The molecule has 2 rings (SSSR count). The van der Waals surface area contributed by atoms with Gasteiger partial charge < -0.3 is 20.2 Å². The van der Waals surface area contributed by atoms with Crippen molar-refractivity contribution in [1.82, 2.24) is 9.88 Å². The number of benzene rings is 1. The van der Waals surface area contributed by atoms with E-state index in [-0.39, 0.29) is 0 Å². The van der Waals surface area contributed by atoms with E-state index in [9.17, 15) is 4.79 Å². The molecule has 1 heterocycles. The molecule has 6 heteroatoms. The van der Waals surface area contributed by atoms with Crippen LogP contribution in [0.15, 0.2) is 29.0 Å². The highest BCUT2D eigenvalue weighted by Crippen LogP contribution is 2.15. The maximum Gasteiger partial charge on any atom is 0.320 e. The molecule has 0 fully saturated rings. The molecule has 0 radical (unpaired) electrons. The van der Waals surface area contributed by atoms with Crippen LogP contribution >= 0.6 is 0 Å². The SMILES string of the molecule is CN(CCC(N)C(=O)O)Cc1ccc2ncoc2c1. The Morgan fingerprint density at radius 3 is 3.11 bits per heavy atom. The zero-order valence-electron chi connectivity index (χ0n) is 10.7. The molecule has 19 heavy (non-hydrogen) atoms. The van der Waals surface area contributed by atoms with Crippen molar-refractivity contribution in [2.75, 3.05) is 13.6 Å². The minimum atomic E-state index is -0.962. The second-order valence-electron chi connectivity index (χ2n) is 4.63. The molecule has 1 aromatic carbocycles. The van der Waals surface area contributed by atoms with Gasteiger partial charge in [0.1, 0.15) is 11.6 Å². The number of fused-ring (bicyclic) bond motifs is 1. The molecule has 0 aliphatic rings. The van der Waals surface area contributed by atoms with Crippen molar-refractivity contribution in [2.24, 2.45) is 5.73 Å². The van der Waals surface area contributed by atoms with Gasteiger partial charge in [0.05, 0.1) is 0 Å². The molecule has 0 aliphatic heterocycles. The first kappa shape index (κ1) is 13.5. The molecule has 1 unspecified atom stereocenters. The third-order valence-electron chi connectivity index (χ3n) is 2.99. The predicted molar refractivity (Wildman–Crippen MR) is 70.6 cm³/mol. The van der Waals surface area contributed by atoms with Crippen LogP contribution in [-0.2, 0) is 11.3 Å². The molecule has 3 N–H and O–H groups in total. The van der Waals surface area contributed by atoms with E-state index in [1.54, 1.807) is 0 Å². The molecule has 0 aliphatic carbocycles. The lowest BCUT2D eigenvalue weighted by Gasteiger charge is -2.17. The van der Waals surface area contributed by atoms with Crippen molar-refractivity contribution < 1.29 is 14.3 Å². The van der Waals surface area contributed by atoms with Gasteiger partial charge >= 0.3 is 5.97 Å². The van der Waals surface area contributed by atoms with E-state index in [0.29, 0.717) is 19.5 Å². The Hall–Kier alpha value is -1.92. The summed E-state index contributed by atoms with van der Waals surface area (Å²) < 4.78 is 5.24. The Bertz CT molecular complexity index is 567. The first-order valence-corrected chi connectivity index (χ1v) is 6.05. The highest BCUT2D eigenvalue weighted by atomic mass is 16.4. The maximum absolute atomic E-state index is 10.6. The number of rotatable bonds is 6. The van der Waals surface area contributed by atoms with Gasteiger partial charge in [0.25, 0.3) is 0 Å². The molecule has 2 aromatic rings. The van der Waals surface area contributed by atoms with Crippen LogP contribution in [0.1, 0.15) is 12.0 Å². The molecular weight excluding hydrogens is 246 g/mol. The number of oxazole rings is 1. The number of hydrogen-bond donors (Lipinski definition) is 2. The Morgan fingerprint density at radius 1 is 1.58 bits per heavy atom. The highest BCUT2D eigenvalue weighted by Gasteiger charge is 2.12. The van der Waals surface area contributed by atoms with Gasteiger partial charge in [-0.15, -0.1) is 0 Å². The van der Waals surface area contributed by atoms with Gasteiger partial charge in [0.2, 0.25) is 0 Å². The number of nitrogens with zero attached hydrogens (tertiary/aromatic N) is 2. The number of nitrogens with two attached hydrogens (primary N) is 1. The molecule has 1 aromatic heterocycles. The minimum Gasteiger partial charge on any atom is -0.480 e. The van der Waals surface area contributed by atoms with Gasteiger partial charge in [-0.2, -0.15) is 0 Å². The van der Waals surface area contributed by atoms with E-state index in [1.165, 1.54) is 6.39 Å². The zero-order chi connectivity index (χ0) is 13.8. The van der Waals surface area contributed by atoms with Crippen molar-refractivity contribution in [1.29, 1.82) is 0 Å². The first-order chi connectivity index (χ1) is 9.06. The summed E-state index contributed by atoms with van der Waals surface area (Å²) in [5.74, 6) is -0.962. The Labute approximate surface area is 110 Å². The maximum atomic E-state index is 10.6. The third kappa shape index (κ3) is 3.52. The summed E-state index contributed by atoms with van der Waals surface area (Å²) in [6.45, 7) is 1.34. The Morgan fingerprint density at radius 2 is 2.37 bits per heavy atom. The molecule has 0 saturated heterocycles. The molecule has 1 atom stereocenters. The van der Waals surface area contributed by atoms with Gasteiger partial charge in [0, 0.05) is 13.1 Å². The van der Waals surface area contributed by atoms with Crippen LogP contribution in [0.5, 0.6) is 0 Å². The van der Waals surface area contributed by atoms with Crippen LogP contribution in [0.2, 0.25) is 0 Å². The van der Waals surface area contributed by atoms with Gasteiger partial charge in [-0.3, -0.25) is 4.79 Å². The average Bonchev–Trinajstić information content (AvgIpc) is 2.83. The van der Waals surface area contributed by atoms with E-state index in [1.807, 2.05) is 30.1 Å². The van der Waals surface area contributed by atoms with Gasteiger partial charge in [-0.1, -0.05) is 6.07 Å². The smallest absolute Gasteiger partial charge is 0.320 e. The van der Waals surface area contributed by atoms with Crippen molar-refractivity contribution >= 4 is 17.1 Å². The molecular formula is C13H17N3O3. The lowest BCUT2D eigenvalue weighted by Crippen LogP contribution is -2.34. The molecule has 0 saturated carbocycles. The third-order valence-corrected chi connectivity index (χ3v) is 2.99. The first-order valence-electron chi connectivity index (χ1n) is 6.05. The topological polar surface area (TPSA) is 92.6 Å². The fourth-order valence-corrected chi connectivity index (χ4v) is 1.87. The standard InChI is InChI=1S/C13H17N3O3/c1-16(5-4-10(14)13(17)18)7-9-2-3-11-12(6-9)19-8-15-11/h2-3,6,8,10H,4-5,7,14H2,1H3,(H,17,18). The molecule has 102 valence electrons. The quantitative estimate of drug-likeness (QED) is 0.809. The van der Waals surface area contributed by atoms with Crippen molar-refractivity contribution in [3.8, 4) is 0 Å². The molecule has 0 spiro atoms. The van der Waals surface area contributed by atoms with E-state index < -0.39 is 12.0 Å². The van der Waals surface area contributed by atoms with E-state index in [4.69, 9.17) is 15.3 Å². The molecule has 0 bridgehead atoms. The summed E-state index contributed by atoms with van der Waals surface area (Å²) in [6.07, 6.45) is 1.85. The monoisotopic (exact) mass is 263 g/mol. The number of carboxylic acid groups (broad SMARTS) is 1. The van der Waals surface area contributed by atoms with Gasteiger partial charge in [-0.05, 0) is 31.2 Å². The van der Waals surface area contributed by atoms with Gasteiger partial charge in [-0.25, -0.2) is 4.98 Å². The predicted octanol–water partition coefficient (Wildman–Crippen LogP) is 1.06. The number of carboxylic acids is 1. The van der Waals surface area contributed by atoms with Gasteiger partial charge in [0.15, 0.2) is 12.0 Å². The number of carbonyl (C=O) groups is 1. The van der Waals surface area contributed by atoms with E-state index in [0.717, 1.165) is 16.7 Å². The summed E-state index contributed by atoms with van der Waals surface area (Å²) in [4.78, 5) is 16.7. The summed E-state index contributed by atoms with van der Waals surface area (Å²) in [5.41, 5.74) is 8.15. The van der Waals surface area contributed by atoms with Crippen molar-refractivity contribution in [3.05, 3.63) is 30.2 Å². The van der Waals surface area contributed by atoms with Crippen LogP contribution in [0.3, 0.4) is 0 Å². The summed E-state index contributed by atoms with van der Waals surface area (Å²) in [5, 5.41) is 8.72. The fourth-order valence-electron chi connectivity index (χ4n) is 1.87. The van der Waals surface area contributed by atoms with E-state index in [2.05, 4.69) is 4.98 Å². The normalized spacial score (nSPS) is 13.0. The summed E-state index contributed by atoms with van der Waals surface area (Å²) >= 11 is 0. The van der Waals surface area contributed by atoms with Crippen molar-refractivity contribution in [3.63, 3.8) is 0 Å². The Kier molecular flexibility index (Phi) is 4.13. The fraction of sp³-hybridized carbons (Fsp3) is 0.385. The number of aliphatic carboxylic acids is 1. The average molecular weight is 263 g/mol. The van der Waals surface area contributed by atoms with Crippen LogP contribution in [-0.4, -0.2) is 40.6 Å². The summed E-state index contributed by atoms with van der Waals surface area (Å²) in [7, 11) is 1.93. The second kappa shape index (κ2) is 5.81. The number of aromatic nitrogens is 1. The van der Waals surface area contributed by atoms with E-state index >= 15 is 0 Å². The van der Waals surface area contributed by atoms with Crippen LogP contribution < -0.4 is 5.73 Å². The van der Waals surface area contributed by atoms with Crippen LogP contribution in [0.4, 0.5) is 0 Å². The summed E-state index contributed by atoms with van der Waals surface area (Å²) in [6, 6.07) is 5.03.